The molecule has 2 aromatic rings. The van der Waals surface area contributed by atoms with E-state index in [9.17, 15) is 0 Å². The molecule has 1 saturated heterocycles. The Morgan fingerprint density at radius 1 is 1.36 bits per heavy atom. The van der Waals surface area contributed by atoms with Crippen molar-refractivity contribution in [1.29, 1.82) is 0 Å². The van der Waals surface area contributed by atoms with Gasteiger partial charge in [-0.05, 0) is 25.1 Å². The zero-order valence-electron chi connectivity index (χ0n) is 12.0. The largest absolute Gasteiger partial charge is 0.376 e. The van der Waals surface area contributed by atoms with Crippen LogP contribution in [0.1, 0.15) is 12.8 Å². The van der Waals surface area contributed by atoms with Crippen molar-refractivity contribution < 1.29 is 4.74 Å². The van der Waals surface area contributed by atoms with Crippen LogP contribution in [0.3, 0.4) is 0 Å². The maximum atomic E-state index is 5.54. The Labute approximate surface area is 139 Å². The molecular formula is C15H18N4OS2. The fraction of sp³-hybridized carbons (Fsp3) is 0.333. The van der Waals surface area contributed by atoms with E-state index < -0.39 is 0 Å². The SMILES string of the molecule is S=C(NC[C@H]1CCCO1)NNc1nc(-c2ccccc2)cs1. The third-order valence-corrected chi connectivity index (χ3v) is 4.38. The highest BCUT2D eigenvalue weighted by molar-refractivity contribution is 7.80. The quantitative estimate of drug-likeness (QED) is 0.577. The highest BCUT2D eigenvalue weighted by Gasteiger charge is 2.15. The molecule has 0 saturated carbocycles. The van der Waals surface area contributed by atoms with Crippen molar-refractivity contribution in [2.75, 3.05) is 18.6 Å². The summed E-state index contributed by atoms with van der Waals surface area (Å²) in [6.45, 7) is 1.59. The van der Waals surface area contributed by atoms with E-state index in [1.165, 1.54) is 11.3 Å². The molecule has 2 heterocycles. The number of anilines is 1. The minimum atomic E-state index is 0.268. The highest BCUT2D eigenvalue weighted by atomic mass is 32.1. The molecule has 7 heteroatoms. The van der Waals surface area contributed by atoms with Gasteiger partial charge in [0.1, 0.15) is 0 Å². The Balaban J connectivity index is 1.45. The predicted octanol–water partition coefficient (Wildman–Crippen LogP) is 2.78. The maximum absolute atomic E-state index is 5.54. The van der Waals surface area contributed by atoms with E-state index in [-0.39, 0.29) is 6.10 Å². The molecular weight excluding hydrogens is 316 g/mol. The molecule has 1 atom stereocenters. The number of hydrogen-bond acceptors (Lipinski definition) is 5. The van der Waals surface area contributed by atoms with Crippen molar-refractivity contribution in [1.82, 2.24) is 15.7 Å². The van der Waals surface area contributed by atoms with Crippen LogP contribution in [-0.4, -0.2) is 29.4 Å². The van der Waals surface area contributed by atoms with Crippen molar-refractivity contribution in [2.45, 2.75) is 18.9 Å². The summed E-state index contributed by atoms with van der Waals surface area (Å²) in [5, 5.41) is 6.49. The zero-order chi connectivity index (χ0) is 15.2. The van der Waals surface area contributed by atoms with Crippen LogP contribution in [-0.2, 0) is 4.74 Å². The van der Waals surface area contributed by atoms with Gasteiger partial charge in [-0.15, -0.1) is 11.3 Å². The van der Waals surface area contributed by atoms with Crippen LogP contribution in [0, 0.1) is 0 Å². The monoisotopic (exact) mass is 334 g/mol. The van der Waals surface area contributed by atoms with Gasteiger partial charge in [0.25, 0.3) is 0 Å². The smallest absolute Gasteiger partial charge is 0.202 e. The van der Waals surface area contributed by atoms with E-state index in [4.69, 9.17) is 17.0 Å². The molecule has 0 bridgehead atoms. The molecule has 0 amide bonds. The number of thiocarbonyl (C=S) groups is 1. The van der Waals surface area contributed by atoms with Gasteiger partial charge in [-0.25, -0.2) is 4.98 Å². The number of hydrogen-bond donors (Lipinski definition) is 3. The number of hydrazine groups is 1. The first-order valence-electron chi connectivity index (χ1n) is 7.23. The van der Waals surface area contributed by atoms with Gasteiger partial charge in [-0.2, -0.15) is 0 Å². The zero-order valence-corrected chi connectivity index (χ0v) is 13.7. The molecule has 22 heavy (non-hydrogen) atoms. The van der Waals surface area contributed by atoms with Crippen LogP contribution in [0.25, 0.3) is 11.3 Å². The lowest BCUT2D eigenvalue weighted by molar-refractivity contribution is 0.114. The summed E-state index contributed by atoms with van der Waals surface area (Å²) in [4.78, 5) is 4.52. The number of benzene rings is 1. The van der Waals surface area contributed by atoms with Crippen LogP contribution in [0.5, 0.6) is 0 Å². The molecule has 0 unspecified atom stereocenters. The van der Waals surface area contributed by atoms with Gasteiger partial charge in [0, 0.05) is 24.1 Å². The maximum Gasteiger partial charge on any atom is 0.202 e. The van der Waals surface area contributed by atoms with Gasteiger partial charge in [0.2, 0.25) is 5.13 Å². The number of nitrogens with zero attached hydrogens (tertiary/aromatic N) is 1. The van der Waals surface area contributed by atoms with Gasteiger partial charge in [0.05, 0.1) is 11.8 Å². The van der Waals surface area contributed by atoms with Gasteiger partial charge in [-0.1, -0.05) is 30.3 Å². The molecule has 0 aliphatic carbocycles. The first kappa shape index (κ1) is 15.2. The molecule has 3 N–H and O–H groups in total. The first-order chi connectivity index (χ1) is 10.8. The summed E-state index contributed by atoms with van der Waals surface area (Å²) in [5.41, 5.74) is 8.03. The summed E-state index contributed by atoms with van der Waals surface area (Å²) in [7, 11) is 0. The Bertz CT molecular complexity index is 611. The third-order valence-electron chi connectivity index (χ3n) is 3.37. The van der Waals surface area contributed by atoms with Gasteiger partial charge in [-0.3, -0.25) is 10.9 Å². The third kappa shape index (κ3) is 4.16. The average molecular weight is 334 g/mol. The second-order valence-corrected chi connectivity index (χ2v) is 6.27. The van der Waals surface area contributed by atoms with Crippen molar-refractivity contribution >= 4 is 33.8 Å². The summed E-state index contributed by atoms with van der Waals surface area (Å²) >= 11 is 6.76. The summed E-state index contributed by atoms with van der Waals surface area (Å²) in [6.07, 6.45) is 2.49. The molecule has 1 aromatic heterocycles. The Kier molecular flexibility index (Phi) is 5.20. The molecule has 1 fully saturated rings. The van der Waals surface area contributed by atoms with E-state index in [0.717, 1.165) is 42.4 Å². The van der Waals surface area contributed by atoms with Crippen LogP contribution in [0.4, 0.5) is 5.13 Å². The topological polar surface area (TPSA) is 58.2 Å². The minimum absolute atomic E-state index is 0.268. The predicted molar refractivity (Wildman–Crippen MR) is 93.9 cm³/mol. The Hall–Kier alpha value is -1.70. The van der Waals surface area contributed by atoms with Crippen LogP contribution in [0.15, 0.2) is 35.7 Å². The van der Waals surface area contributed by atoms with E-state index in [0.29, 0.717) is 5.11 Å². The number of rotatable bonds is 5. The van der Waals surface area contributed by atoms with Crippen molar-refractivity contribution in [3.05, 3.63) is 35.7 Å². The standard InChI is InChI=1S/C15H18N4OS2/c21-14(16-9-12-7-4-8-20-12)18-19-15-17-13(10-22-15)11-5-2-1-3-6-11/h1-3,5-6,10,12H,4,7-9H2,(H,17,19)(H2,16,18,21)/t12-/m1/s1. The van der Waals surface area contributed by atoms with E-state index in [1.54, 1.807) is 0 Å². The molecule has 3 rings (SSSR count). The molecule has 116 valence electrons. The fourth-order valence-corrected chi connectivity index (χ4v) is 3.05. The van der Waals surface area contributed by atoms with Gasteiger partial charge >= 0.3 is 0 Å². The van der Waals surface area contributed by atoms with Gasteiger partial charge < -0.3 is 10.1 Å². The molecule has 1 aliphatic heterocycles. The normalized spacial score (nSPS) is 17.2. The second kappa shape index (κ2) is 7.53. The van der Waals surface area contributed by atoms with Crippen molar-refractivity contribution in [3.63, 3.8) is 0 Å². The second-order valence-electron chi connectivity index (χ2n) is 5.00. The summed E-state index contributed by atoms with van der Waals surface area (Å²) < 4.78 is 5.54. The lowest BCUT2D eigenvalue weighted by Gasteiger charge is -2.13. The summed E-state index contributed by atoms with van der Waals surface area (Å²) in [6, 6.07) is 10.1. The fourth-order valence-electron chi connectivity index (χ4n) is 2.24. The molecule has 0 radical (unpaired) electrons. The number of nitrogens with one attached hydrogen (secondary N) is 3. The van der Waals surface area contributed by atoms with Crippen molar-refractivity contribution in [2.24, 2.45) is 0 Å². The van der Waals surface area contributed by atoms with E-state index in [2.05, 4.69) is 21.2 Å². The lowest BCUT2D eigenvalue weighted by atomic mass is 10.2. The van der Waals surface area contributed by atoms with Crippen LogP contribution < -0.4 is 16.2 Å². The Morgan fingerprint density at radius 3 is 3.00 bits per heavy atom. The Morgan fingerprint density at radius 2 is 2.23 bits per heavy atom. The number of aromatic nitrogens is 1. The minimum Gasteiger partial charge on any atom is -0.376 e. The highest BCUT2D eigenvalue weighted by Crippen LogP contribution is 2.23. The van der Waals surface area contributed by atoms with Crippen LogP contribution >= 0.6 is 23.6 Å². The lowest BCUT2D eigenvalue weighted by Crippen LogP contribution is -2.41. The average Bonchev–Trinajstić information content (AvgIpc) is 3.23. The molecule has 1 aliphatic rings. The molecule has 5 nitrogen and oxygen atoms in total. The van der Waals surface area contributed by atoms with Gasteiger partial charge in [0.15, 0.2) is 5.11 Å². The number of ether oxygens (including phenoxy) is 1. The van der Waals surface area contributed by atoms with Crippen molar-refractivity contribution in [3.8, 4) is 11.3 Å². The molecule has 1 aromatic carbocycles. The first-order valence-corrected chi connectivity index (χ1v) is 8.52. The number of thiazole rings is 1. The molecule has 0 spiro atoms. The van der Waals surface area contributed by atoms with E-state index >= 15 is 0 Å². The van der Waals surface area contributed by atoms with Crippen LogP contribution in [0.2, 0.25) is 0 Å². The van der Waals surface area contributed by atoms with E-state index in [1.807, 2.05) is 35.7 Å². The summed E-state index contributed by atoms with van der Waals surface area (Å²) in [5.74, 6) is 0.